The van der Waals surface area contributed by atoms with E-state index in [4.69, 9.17) is 9.72 Å². The summed E-state index contributed by atoms with van der Waals surface area (Å²) < 4.78 is 5.44. The monoisotopic (exact) mass is 406 g/mol. The van der Waals surface area contributed by atoms with Crippen LogP contribution in [-0.4, -0.2) is 29.8 Å². The molecule has 1 aliphatic carbocycles. The van der Waals surface area contributed by atoms with Crippen molar-refractivity contribution in [3.8, 4) is 5.75 Å². The first kappa shape index (κ1) is 19.5. The Morgan fingerprint density at radius 1 is 1.17 bits per heavy atom. The van der Waals surface area contributed by atoms with E-state index in [0.717, 1.165) is 40.1 Å². The fourth-order valence-electron chi connectivity index (χ4n) is 3.17. The summed E-state index contributed by atoms with van der Waals surface area (Å²) in [5.41, 5.74) is 3.01. The lowest BCUT2D eigenvalue weighted by Crippen LogP contribution is -2.25. The van der Waals surface area contributed by atoms with E-state index in [2.05, 4.69) is 5.32 Å². The molecule has 3 aromatic rings. The maximum atomic E-state index is 12.7. The Morgan fingerprint density at radius 2 is 1.97 bits per heavy atom. The van der Waals surface area contributed by atoms with Crippen molar-refractivity contribution in [3.63, 3.8) is 0 Å². The average molecular weight is 407 g/mol. The molecule has 1 aromatic heterocycles. The van der Waals surface area contributed by atoms with Crippen molar-refractivity contribution in [1.29, 1.82) is 0 Å². The van der Waals surface area contributed by atoms with Crippen LogP contribution in [0.3, 0.4) is 0 Å². The fraction of sp³-hybridized carbons (Fsp3) is 0.261. The van der Waals surface area contributed by atoms with Crippen LogP contribution >= 0.6 is 11.8 Å². The van der Waals surface area contributed by atoms with Gasteiger partial charge in [-0.15, -0.1) is 11.8 Å². The normalized spacial score (nSPS) is 13.3. The minimum Gasteiger partial charge on any atom is -0.496 e. The molecule has 0 unspecified atom stereocenters. The van der Waals surface area contributed by atoms with E-state index in [0.29, 0.717) is 22.9 Å². The average Bonchev–Trinajstić information content (AvgIpc) is 3.55. The van der Waals surface area contributed by atoms with Crippen molar-refractivity contribution in [1.82, 2.24) is 10.3 Å². The van der Waals surface area contributed by atoms with E-state index in [-0.39, 0.29) is 11.7 Å². The van der Waals surface area contributed by atoms with Crippen molar-refractivity contribution >= 4 is 34.4 Å². The Balaban J connectivity index is 1.64. The molecule has 4 rings (SSSR count). The van der Waals surface area contributed by atoms with Crippen LogP contribution in [-0.2, 0) is 5.75 Å². The summed E-state index contributed by atoms with van der Waals surface area (Å²) in [5, 5.41) is 4.68. The van der Waals surface area contributed by atoms with E-state index in [9.17, 15) is 9.59 Å². The molecule has 0 radical (unpaired) electrons. The molecule has 0 bridgehead atoms. The minimum absolute atomic E-state index is 0.0155. The van der Waals surface area contributed by atoms with E-state index in [1.54, 1.807) is 20.1 Å². The Hall–Kier alpha value is -2.86. The highest BCUT2D eigenvalue weighted by atomic mass is 32.2. The second-order valence-corrected chi connectivity index (χ2v) is 8.14. The lowest BCUT2D eigenvalue weighted by molar-refractivity contribution is 0.0951. The van der Waals surface area contributed by atoms with Gasteiger partial charge >= 0.3 is 0 Å². The SMILES string of the molecule is COc1ccc(C(C)=O)cc1CSc1cc(C(=O)NC2CC2)c2ccccc2n1. The maximum absolute atomic E-state index is 12.7. The first-order chi connectivity index (χ1) is 14.0. The van der Waals surface area contributed by atoms with Crippen LogP contribution in [0.2, 0.25) is 0 Å². The molecule has 1 fully saturated rings. The number of amides is 1. The number of hydrogen-bond acceptors (Lipinski definition) is 5. The van der Waals surface area contributed by atoms with Crippen molar-refractivity contribution in [2.24, 2.45) is 0 Å². The number of fused-ring (bicyclic) bond motifs is 1. The number of ketones is 1. The number of nitrogens with one attached hydrogen (secondary N) is 1. The summed E-state index contributed by atoms with van der Waals surface area (Å²) in [4.78, 5) is 29.2. The van der Waals surface area contributed by atoms with Gasteiger partial charge in [0.05, 0.1) is 23.2 Å². The second kappa shape index (κ2) is 8.25. The minimum atomic E-state index is -0.0518. The van der Waals surface area contributed by atoms with Gasteiger partial charge in [0.25, 0.3) is 5.91 Å². The molecular formula is C23H22N2O3S. The molecule has 2 aromatic carbocycles. The number of methoxy groups -OCH3 is 1. The first-order valence-electron chi connectivity index (χ1n) is 9.56. The van der Waals surface area contributed by atoms with E-state index < -0.39 is 0 Å². The number of pyridine rings is 1. The Morgan fingerprint density at radius 3 is 2.69 bits per heavy atom. The molecule has 5 nitrogen and oxygen atoms in total. The Bertz CT molecular complexity index is 1090. The highest BCUT2D eigenvalue weighted by molar-refractivity contribution is 7.98. The van der Waals surface area contributed by atoms with Crippen LogP contribution < -0.4 is 10.1 Å². The molecule has 0 spiro atoms. The van der Waals surface area contributed by atoms with Crippen LogP contribution in [0.15, 0.2) is 53.6 Å². The molecule has 1 aliphatic rings. The standard InChI is InChI=1S/C23H22N2O3S/c1-14(26)15-7-10-21(28-2)16(11-15)13-29-22-12-19(23(27)24-17-8-9-17)18-5-3-4-6-20(18)25-22/h3-7,10-12,17H,8-9,13H2,1-2H3,(H,24,27). The zero-order valence-electron chi connectivity index (χ0n) is 16.4. The number of rotatable bonds is 7. The van der Waals surface area contributed by atoms with Gasteiger partial charge in [0.2, 0.25) is 0 Å². The summed E-state index contributed by atoms with van der Waals surface area (Å²) >= 11 is 1.52. The number of para-hydroxylation sites is 1. The predicted molar refractivity (Wildman–Crippen MR) is 115 cm³/mol. The number of Topliss-reactive ketones (excluding diaryl/α,β-unsaturated/α-hetero) is 1. The zero-order valence-corrected chi connectivity index (χ0v) is 17.2. The van der Waals surface area contributed by atoms with Gasteiger partial charge in [0, 0.05) is 28.3 Å². The zero-order chi connectivity index (χ0) is 20.4. The van der Waals surface area contributed by atoms with Crippen molar-refractivity contribution in [3.05, 3.63) is 65.2 Å². The summed E-state index contributed by atoms with van der Waals surface area (Å²) in [7, 11) is 1.62. The number of nitrogens with zero attached hydrogens (tertiary/aromatic N) is 1. The van der Waals surface area contributed by atoms with Crippen LogP contribution in [0.5, 0.6) is 5.75 Å². The Kier molecular flexibility index (Phi) is 5.53. The summed E-state index contributed by atoms with van der Waals surface area (Å²) in [5.74, 6) is 1.28. The van der Waals surface area contributed by atoms with Crippen LogP contribution in [0.25, 0.3) is 10.9 Å². The molecule has 1 heterocycles. The molecule has 0 saturated heterocycles. The maximum Gasteiger partial charge on any atom is 0.252 e. The molecule has 1 saturated carbocycles. The number of thioether (sulfide) groups is 1. The van der Waals surface area contributed by atoms with E-state index in [1.165, 1.54) is 11.8 Å². The number of carbonyl (C=O) groups is 2. The smallest absolute Gasteiger partial charge is 0.252 e. The van der Waals surface area contributed by atoms with Gasteiger partial charge in [-0.3, -0.25) is 9.59 Å². The van der Waals surface area contributed by atoms with Gasteiger partial charge in [0.1, 0.15) is 5.75 Å². The molecule has 6 heteroatoms. The quantitative estimate of drug-likeness (QED) is 0.458. The van der Waals surface area contributed by atoms with E-state index >= 15 is 0 Å². The van der Waals surface area contributed by atoms with Crippen LogP contribution in [0, 0.1) is 0 Å². The largest absolute Gasteiger partial charge is 0.496 e. The van der Waals surface area contributed by atoms with Gasteiger partial charge in [-0.05, 0) is 50.1 Å². The molecule has 0 atom stereocenters. The third kappa shape index (κ3) is 4.43. The number of aromatic nitrogens is 1. The van der Waals surface area contributed by atoms with Gasteiger partial charge in [-0.2, -0.15) is 0 Å². The van der Waals surface area contributed by atoms with Gasteiger partial charge < -0.3 is 10.1 Å². The third-order valence-electron chi connectivity index (χ3n) is 4.91. The lowest BCUT2D eigenvalue weighted by Gasteiger charge is -2.12. The van der Waals surface area contributed by atoms with Crippen molar-refractivity contribution < 1.29 is 14.3 Å². The molecule has 0 aliphatic heterocycles. The molecule has 148 valence electrons. The first-order valence-corrected chi connectivity index (χ1v) is 10.5. The highest BCUT2D eigenvalue weighted by Gasteiger charge is 2.25. The van der Waals surface area contributed by atoms with Gasteiger partial charge in [-0.25, -0.2) is 4.98 Å². The summed E-state index contributed by atoms with van der Waals surface area (Å²) in [6.07, 6.45) is 2.09. The topological polar surface area (TPSA) is 68.3 Å². The number of ether oxygens (including phenoxy) is 1. The summed E-state index contributed by atoms with van der Waals surface area (Å²) in [6.45, 7) is 1.55. The van der Waals surface area contributed by atoms with Crippen LogP contribution in [0.1, 0.15) is 46.0 Å². The number of benzene rings is 2. The molecular weight excluding hydrogens is 384 g/mol. The molecule has 1 amide bonds. The van der Waals surface area contributed by atoms with Gasteiger partial charge in [-0.1, -0.05) is 18.2 Å². The Labute approximate surface area is 173 Å². The predicted octanol–water partition coefficient (Wildman–Crippen LogP) is 4.63. The third-order valence-corrected chi connectivity index (χ3v) is 5.87. The number of carbonyl (C=O) groups excluding carboxylic acids is 2. The summed E-state index contributed by atoms with van der Waals surface area (Å²) in [6, 6.07) is 15.3. The van der Waals surface area contributed by atoms with E-state index in [1.807, 2.05) is 42.5 Å². The fourth-order valence-corrected chi connectivity index (χ4v) is 4.06. The highest BCUT2D eigenvalue weighted by Crippen LogP contribution is 2.31. The molecule has 29 heavy (non-hydrogen) atoms. The van der Waals surface area contributed by atoms with Crippen molar-refractivity contribution in [2.45, 2.75) is 36.6 Å². The molecule has 1 N–H and O–H groups in total. The van der Waals surface area contributed by atoms with Crippen LogP contribution in [0.4, 0.5) is 0 Å². The van der Waals surface area contributed by atoms with Gasteiger partial charge in [0.15, 0.2) is 5.78 Å². The lowest BCUT2D eigenvalue weighted by atomic mass is 10.1. The van der Waals surface area contributed by atoms with Crippen molar-refractivity contribution in [2.75, 3.05) is 7.11 Å². The number of hydrogen-bond donors (Lipinski definition) is 1. The second-order valence-electron chi connectivity index (χ2n) is 7.14.